The molecule has 2 atom stereocenters. The summed E-state index contributed by atoms with van der Waals surface area (Å²) in [5.74, 6) is 0.849. The van der Waals surface area contributed by atoms with Crippen LogP contribution in [-0.4, -0.2) is 47.5 Å². The average molecular weight is 281 g/mol. The summed E-state index contributed by atoms with van der Waals surface area (Å²) in [4.78, 5) is 9.72. The number of fused-ring (bicyclic) bond motifs is 5. The lowest BCUT2D eigenvalue weighted by atomic mass is 9.94. The van der Waals surface area contributed by atoms with Crippen molar-refractivity contribution in [2.45, 2.75) is 25.4 Å². The molecule has 0 unspecified atom stereocenters. The fraction of sp³-hybridized carbons (Fsp3) is 0.500. The highest BCUT2D eigenvalue weighted by Crippen LogP contribution is 2.29. The minimum absolute atomic E-state index is 0.723. The molecule has 3 nitrogen and oxygen atoms in total. The van der Waals surface area contributed by atoms with Crippen LogP contribution in [0.4, 0.5) is 0 Å². The van der Waals surface area contributed by atoms with E-state index in [1.165, 1.54) is 43.4 Å². The topological polar surface area (TPSA) is 19.4 Å². The molecule has 1 aromatic heterocycles. The van der Waals surface area contributed by atoms with Gasteiger partial charge in [0.25, 0.3) is 0 Å². The minimum Gasteiger partial charge on any atom is -0.304 e. The largest absolute Gasteiger partial charge is 0.304 e. The van der Waals surface area contributed by atoms with Crippen LogP contribution in [0.3, 0.4) is 0 Å². The lowest BCUT2D eigenvalue weighted by molar-refractivity contribution is 0.125. The molecule has 2 aromatic rings. The van der Waals surface area contributed by atoms with E-state index in [1.807, 2.05) is 12.3 Å². The van der Waals surface area contributed by atoms with Crippen molar-refractivity contribution in [1.82, 2.24) is 14.8 Å². The summed E-state index contributed by atoms with van der Waals surface area (Å²) >= 11 is 0. The number of hydrogen-bond acceptors (Lipinski definition) is 3. The smallest absolute Gasteiger partial charge is 0.0705 e. The predicted octanol–water partition coefficient (Wildman–Crippen LogP) is 2.76. The summed E-state index contributed by atoms with van der Waals surface area (Å²) < 4.78 is 0. The van der Waals surface area contributed by atoms with Crippen molar-refractivity contribution in [3.05, 3.63) is 42.1 Å². The fourth-order valence-corrected chi connectivity index (χ4v) is 4.13. The molecule has 0 radical (unpaired) electrons. The van der Waals surface area contributed by atoms with E-state index in [4.69, 9.17) is 0 Å². The van der Waals surface area contributed by atoms with Crippen molar-refractivity contribution in [2.24, 2.45) is 5.92 Å². The van der Waals surface area contributed by atoms with Gasteiger partial charge in [0, 0.05) is 43.8 Å². The van der Waals surface area contributed by atoms with Gasteiger partial charge in [0.2, 0.25) is 0 Å². The molecule has 3 fully saturated rings. The van der Waals surface area contributed by atoms with Gasteiger partial charge in [-0.2, -0.15) is 0 Å². The number of rotatable bonds is 2. The summed E-state index contributed by atoms with van der Waals surface area (Å²) in [7, 11) is 2.27. The predicted molar refractivity (Wildman–Crippen MR) is 86.2 cm³/mol. The van der Waals surface area contributed by atoms with Crippen LogP contribution in [0, 0.1) is 5.92 Å². The molecular formula is C18H23N3. The number of nitrogens with zero attached hydrogens (tertiary/aromatic N) is 3. The van der Waals surface area contributed by atoms with Gasteiger partial charge in [0.1, 0.15) is 0 Å². The van der Waals surface area contributed by atoms with E-state index in [9.17, 15) is 0 Å². The zero-order chi connectivity index (χ0) is 14.2. The Balaban J connectivity index is 1.63. The number of pyridine rings is 1. The van der Waals surface area contributed by atoms with E-state index < -0.39 is 0 Å². The van der Waals surface area contributed by atoms with Crippen LogP contribution in [0.25, 0.3) is 10.9 Å². The maximum absolute atomic E-state index is 4.49. The molecule has 21 heavy (non-hydrogen) atoms. The number of hydrogen-bond donors (Lipinski definition) is 0. The number of likely N-dealkylation sites (N-methyl/N-ethyl adjacent to an activating group) is 1. The van der Waals surface area contributed by atoms with Gasteiger partial charge in [-0.3, -0.25) is 9.88 Å². The molecule has 3 aliphatic heterocycles. The Labute approximate surface area is 126 Å². The van der Waals surface area contributed by atoms with Crippen LogP contribution in [-0.2, 0) is 6.54 Å². The van der Waals surface area contributed by atoms with Gasteiger partial charge >= 0.3 is 0 Å². The molecule has 4 heterocycles. The second kappa shape index (κ2) is 5.39. The van der Waals surface area contributed by atoms with Crippen molar-refractivity contribution in [3.63, 3.8) is 0 Å². The highest BCUT2D eigenvalue weighted by atomic mass is 15.2. The van der Waals surface area contributed by atoms with E-state index in [2.05, 4.69) is 46.1 Å². The molecule has 2 bridgehead atoms. The molecule has 3 saturated heterocycles. The maximum Gasteiger partial charge on any atom is 0.0705 e. The zero-order valence-electron chi connectivity index (χ0n) is 12.7. The van der Waals surface area contributed by atoms with Crippen molar-refractivity contribution in [2.75, 3.05) is 26.7 Å². The molecule has 3 aliphatic rings. The van der Waals surface area contributed by atoms with Gasteiger partial charge in [0.15, 0.2) is 0 Å². The third kappa shape index (κ3) is 2.56. The van der Waals surface area contributed by atoms with Crippen molar-refractivity contribution >= 4 is 10.9 Å². The van der Waals surface area contributed by atoms with Crippen LogP contribution >= 0.6 is 0 Å². The highest BCUT2D eigenvalue weighted by molar-refractivity contribution is 5.81. The Morgan fingerprint density at radius 3 is 3.00 bits per heavy atom. The Bertz CT molecular complexity index is 634. The first-order chi connectivity index (χ1) is 10.3. The van der Waals surface area contributed by atoms with Crippen LogP contribution in [0.2, 0.25) is 0 Å². The minimum atomic E-state index is 0.723. The monoisotopic (exact) mass is 281 g/mol. The van der Waals surface area contributed by atoms with Crippen LogP contribution in [0.1, 0.15) is 18.4 Å². The molecule has 110 valence electrons. The lowest BCUT2D eigenvalue weighted by Gasteiger charge is -2.36. The van der Waals surface area contributed by atoms with Crippen molar-refractivity contribution in [1.29, 1.82) is 0 Å². The molecule has 0 spiro atoms. The first kappa shape index (κ1) is 13.2. The molecule has 0 amide bonds. The summed E-state index contributed by atoms with van der Waals surface area (Å²) in [5, 5.41) is 1.31. The lowest BCUT2D eigenvalue weighted by Crippen LogP contribution is -2.43. The van der Waals surface area contributed by atoms with Crippen LogP contribution in [0.5, 0.6) is 0 Å². The normalized spacial score (nSPS) is 27.1. The summed E-state index contributed by atoms with van der Waals surface area (Å²) in [6, 6.07) is 11.5. The summed E-state index contributed by atoms with van der Waals surface area (Å²) in [6.07, 6.45) is 4.65. The first-order valence-corrected chi connectivity index (χ1v) is 8.05. The van der Waals surface area contributed by atoms with Gasteiger partial charge in [0.05, 0.1) is 5.52 Å². The Kier molecular flexibility index (Phi) is 3.40. The van der Waals surface area contributed by atoms with E-state index in [1.54, 1.807) is 0 Å². The van der Waals surface area contributed by atoms with Gasteiger partial charge in [-0.15, -0.1) is 0 Å². The molecule has 3 heteroatoms. The molecule has 0 N–H and O–H groups in total. The average Bonchev–Trinajstić information content (AvgIpc) is 2.76. The van der Waals surface area contributed by atoms with Gasteiger partial charge in [-0.25, -0.2) is 0 Å². The molecular weight excluding hydrogens is 258 g/mol. The van der Waals surface area contributed by atoms with Gasteiger partial charge < -0.3 is 4.90 Å². The summed E-state index contributed by atoms with van der Waals surface area (Å²) in [5.41, 5.74) is 2.54. The molecule has 0 aliphatic carbocycles. The third-order valence-corrected chi connectivity index (χ3v) is 5.12. The van der Waals surface area contributed by atoms with E-state index in [0.717, 1.165) is 24.0 Å². The van der Waals surface area contributed by atoms with Crippen molar-refractivity contribution < 1.29 is 0 Å². The fourth-order valence-electron chi connectivity index (χ4n) is 4.13. The standard InChI is InChI=1S/C18H23N3/c1-20-10-14-7-8-16(13-20)21(11-14)12-15-4-2-6-18-17(15)5-3-9-19-18/h2-6,9,14,16H,7-8,10-13H2,1H3/t14-,16+/m0/s1. The van der Waals surface area contributed by atoms with Gasteiger partial charge in [-0.1, -0.05) is 18.2 Å². The highest BCUT2D eigenvalue weighted by Gasteiger charge is 2.33. The third-order valence-electron chi connectivity index (χ3n) is 5.12. The summed E-state index contributed by atoms with van der Waals surface area (Å²) in [6.45, 7) is 4.81. The second-order valence-electron chi connectivity index (χ2n) is 6.74. The van der Waals surface area contributed by atoms with Crippen LogP contribution < -0.4 is 0 Å². The van der Waals surface area contributed by atoms with E-state index in [0.29, 0.717) is 0 Å². The Morgan fingerprint density at radius 2 is 2.05 bits per heavy atom. The maximum atomic E-state index is 4.49. The Hall–Kier alpha value is -1.45. The number of piperidine rings is 1. The van der Waals surface area contributed by atoms with E-state index >= 15 is 0 Å². The van der Waals surface area contributed by atoms with Crippen molar-refractivity contribution in [3.8, 4) is 0 Å². The molecule has 1 aromatic carbocycles. The zero-order valence-corrected chi connectivity index (χ0v) is 12.7. The molecule has 0 saturated carbocycles. The van der Waals surface area contributed by atoms with Crippen LogP contribution in [0.15, 0.2) is 36.5 Å². The SMILES string of the molecule is CN1C[C@@H]2CC[C@H](C1)N(Cc1cccc3ncccc13)C2. The first-order valence-electron chi connectivity index (χ1n) is 8.05. The number of benzene rings is 1. The van der Waals surface area contributed by atoms with E-state index in [-0.39, 0.29) is 0 Å². The number of aromatic nitrogens is 1. The Morgan fingerprint density at radius 1 is 1.10 bits per heavy atom. The molecule has 5 rings (SSSR count). The quantitative estimate of drug-likeness (QED) is 0.844. The van der Waals surface area contributed by atoms with Gasteiger partial charge in [-0.05, 0) is 43.5 Å². The second-order valence-corrected chi connectivity index (χ2v) is 6.74.